The highest BCUT2D eigenvalue weighted by atomic mass is 16.5. The predicted octanol–water partition coefficient (Wildman–Crippen LogP) is 4.09. The fourth-order valence-corrected chi connectivity index (χ4v) is 5.15. The Morgan fingerprint density at radius 3 is 2.46 bits per heavy atom. The van der Waals surface area contributed by atoms with E-state index in [4.69, 9.17) is 9.47 Å². The molecule has 3 heterocycles. The number of hydrogen-bond donors (Lipinski definition) is 1. The number of hydrogen-bond acceptors (Lipinski definition) is 8. The van der Waals surface area contributed by atoms with E-state index in [2.05, 4.69) is 30.2 Å². The Hall–Kier alpha value is -5.12. The van der Waals surface area contributed by atoms with Gasteiger partial charge in [-0.2, -0.15) is 5.10 Å². The molecule has 1 saturated heterocycles. The van der Waals surface area contributed by atoms with Crippen LogP contribution in [0.4, 0.5) is 11.5 Å². The quantitative estimate of drug-likeness (QED) is 0.309. The number of nitrogens with zero attached hydrogens (tertiary/aromatic N) is 6. The normalized spacial score (nSPS) is 13.3. The maximum absolute atomic E-state index is 13.0. The van der Waals surface area contributed by atoms with Crippen molar-refractivity contribution in [1.29, 1.82) is 0 Å². The molecule has 0 aliphatic carbocycles. The molecule has 0 spiro atoms. The number of fused-ring (bicyclic) bond motifs is 1. The molecule has 5 aromatic rings. The van der Waals surface area contributed by atoms with Crippen molar-refractivity contribution in [1.82, 2.24) is 25.1 Å². The van der Waals surface area contributed by atoms with Crippen molar-refractivity contribution in [2.45, 2.75) is 6.54 Å². The molecule has 0 radical (unpaired) electrons. The minimum absolute atomic E-state index is 0.144. The minimum Gasteiger partial charge on any atom is -0.497 e. The lowest BCUT2D eigenvalue weighted by atomic mass is 10.1. The minimum atomic E-state index is -0.144. The molecule has 1 fully saturated rings. The van der Waals surface area contributed by atoms with Crippen LogP contribution in [0.5, 0.6) is 11.5 Å². The molecule has 1 N–H and O–H groups in total. The SMILES string of the molecule is COc1cccc(CNC(=O)c2ccc(OC)c(N3CCN(c4ncnc5c4cnn5-c4ccccc4)CC3)c2)c1. The number of rotatable bonds is 8. The first-order chi connectivity index (χ1) is 20.1. The Balaban J connectivity index is 1.16. The smallest absolute Gasteiger partial charge is 0.251 e. The highest BCUT2D eigenvalue weighted by Gasteiger charge is 2.24. The summed E-state index contributed by atoms with van der Waals surface area (Å²) in [7, 11) is 3.28. The van der Waals surface area contributed by atoms with Gasteiger partial charge in [0.05, 0.1) is 37.2 Å². The number of amides is 1. The molecule has 2 aromatic heterocycles. The summed E-state index contributed by atoms with van der Waals surface area (Å²) in [5.74, 6) is 2.22. The van der Waals surface area contributed by atoms with Gasteiger partial charge < -0.3 is 24.6 Å². The summed E-state index contributed by atoms with van der Waals surface area (Å²) in [6, 6.07) is 23.2. The van der Waals surface area contributed by atoms with Crippen LogP contribution in [-0.2, 0) is 6.54 Å². The zero-order valence-corrected chi connectivity index (χ0v) is 23.0. The van der Waals surface area contributed by atoms with Crippen molar-refractivity contribution in [3.63, 3.8) is 0 Å². The van der Waals surface area contributed by atoms with Crippen LogP contribution in [0.25, 0.3) is 16.7 Å². The molecule has 0 unspecified atom stereocenters. The number of carbonyl (C=O) groups is 1. The number of carbonyl (C=O) groups excluding carboxylic acids is 1. The molecule has 10 heteroatoms. The van der Waals surface area contributed by atoms with Gasteiger partial charge in [-0.05, 0) is 48.0 Å². The summed E-state index contributed by atoms with van der Waals surface area (Å²) in [5, 5.41) is 8.52. The van der Waals surface area contributed by atoms with Crippen LogP contribution in [0.3, 0.4) is 0 Å². The standard InChI is InChI=1S/C31H31N7O3/c1-40-25-10-6-7-22(17-25)19-32-31(39)23-11-12-28(41-2)27(18-23)36-13-15-37(16-14-36)29-26-20-35-38(30(26)34-21-33-29)24-8-4-3-5-9-24/h3-12,17-18,20-21H,13-16,19H2,1-2H3,(H,32,39). The van der Waals surface area contributed by atoms with Crippen LogP contribution in [0.15, 0.2) is 85.3 Å². The van der Waals surface area contributed by atoms with E-state index in [1.54, 1.807) is 26.6 Å². The van der Waals surface area contributed by atoms with Gasteiger partial charge in [0.25, 0.3) is 5.91 Å². The molecule has 1 aliphatic rings. The zero-order valence-electron chi connectivity index (χ0n) is 23.0. The first kappa shape index (κ1) is 26.1. The fourth-order valence-electron chi connectivity index (χ4n) is 5.15. The second-order valence-corrected chi connectivity index (χ2v) is 9.72. The molecular weight excluding hydrogens is 518 g/mol. The van der Waals surface area contributed by atoms with Crippen molar-refractivity contribution in [3.8, 4) is 17.2 Å². The maximum atomic E-state index is 13.0. The number of para-hydroxylation sites is 1. The Kier molecular flexibility index (Phi) is 7.36. The lowest BCUT2D eigenvalue weighted by molar-refractivity contribution is 0.0951. The average Bonchev–Trinajstić information content (AvgIpc) is 3.48. The van der Waals surface area contributed by atoms with E-state index >= 15 is 0 Å². The van der Waals surface area contributed by atoms with Crippen LogP contribution in [0.1, 0.15) is 15.9 Å². The highest BCUT2D eigenvalue weighted by molar-refractivity contribution is 5.95. The molecule has 0 saturated carbocycles. The molecule has 3 aromatic carbocycles. The molecule has 0 bridgehead atoms. The van der Waals surface area contributed by atoms with E-state index in [0.717, 1.165) is 71.5 Å². The number of methoxy groups -OCH3 is 2. The van der Waals surface area contributed by atoms with Crippen LogP contribution in [-0.4, -0.2) is 66.1 Å². The van der Waals surface area contributed by atoms with Crippen LogP contribution >= 0.6 is 0 Å². The molecule has 1 amide bonds. The summed E-state index contributed by atoms with van der Waals surface area (Å²) in [6.07, 6.45) is 3.43. The third-order valence-corrected chi connectivity index (χ3v) is 7.29. The Bertz CT molecular complexity index is 1660. The van der Waals surface area contributed by atoms with E-state index < -0.39 is 0 Å². The number of anilines is 2. The van der Waals surface area contributed by atoms with Gasteiger partial charge in [-0.15, -0.1) is 0 Å². The monoisotopic (exact) mass is 549 g/mol. The van der Waals surface area contributed by atoms with E-state index in [-0.39, 0.29) is 5.91 Å². The first-order valence-corrected chi connectivity index (χ1v) is 13.5. The topological polar surface area (TPSA) is 97.6 Å². The van der Waals surface area contributed by atoms with E-state index in [9.17, 15) is 4.79 Å². The Morgan fingerprint density at radius 1 is 0.878 bits per heavy atom. The van der Waals surface area contributed by atoms with Gasteiger partial charge in [-0.25, -0.2) is 14.6 Å². The third-order valence-electron chi connectivity index (χ3n) is 7.29. The molecule has 208 valence electrons. The van der Waals surface area contributed by atoms with Gasteiger partial charge in [0.15, 0.2) is 5.65 Å². The zero-order chi connectivity index (χ0) is 28.2. The van der Waals surface area contributed by atoms with Crippen molar-refractivity contribution in [2.75, 3.05) is 50.2 Å². The van der Waals surface area contributed by atoms with Crippen molar-refractivity contribution < 1.29 is 14.3 Å². The first-order valence-electron chi connectivity index (χ1n) is 13.5. The Morgan fingerprint density at radius 2 is 1.68 bits per heavy atom. The van der Waals surface area contributed by atoms with Gasteiger partial charge in [0.1, 0.15) is 23.6 Å². The lowest BCUT2D eigenvalue weighted by Gasteiger charge is -2.37. The van der Waals surface area contributed by atoms with E-state index in [1.165, 1.54) is 0 Å². The Labute approximate surface area is 238 Å². The molecule has 6 rings (SSSR count). The van der Waals surface area contributed by atoms with Gasteiger partial charge in [0.2, 0.25) is 0 Å². The second kappa shape index (κ2) is 11.5. The number of benzene rings is 3. The lowest BCUT2D eigenvalue weighted by Crippen LogP contribution is -2.47. The number of ether oxygens (including phenoxy) is 2. The van der Waals surface area contributed by atoms with Crippen molar-refractivity contribution >= 4 is 28.4 Å². The number of piperazine rings is 1. The summed E-state index contributed by atoms with van der Waals surface area (Å²) in [5.41, 5.74) is 4.17. The second-order valence-electron chi connectivity index (χ2n) is 9.72. The molecule has 1 aliphatic heterocycles. The van der Waals surface area contributed by atoms with Gasteiger partial charge >= 0.3 is 0 Å². The van der Waals surface area contributed by atoms with Crippen LogP contribution < -0.4 is 24.6 Å². The van der Waals surface area contributed by atoms with Gasteiger partial charge in [0, 0.05) is 38.3 Å². The maximum Gasteiger partial charge on any atom is 0.251 e. The average molecular weight is 550 g/mol. The van der Waals surface area contributed by atoms with E-state index in [1.807, 2.05) is 77.6 Å². The number of nitrogens with one attached hydrogen (secondary N) is 1. The predicted molar refractivity (Wildman–Crippen MR) is 158 cm³/mol. The molecular formula is C31H31N7O3. The fraction of sp³-hybridized carbons (Fsp3) is 0.226. The summed E-state index contributed by atoms with van der Waals surface area (Å²) in [6.45, 7) is 3.38. The molecule has 41 heavy (non-hydrogen) atoms. The van der Waals surface area contributed by atoms with Crippen LogP contribution in [0, 0.1) is 0 Å². The third kappa shape index (κ3) is 5.36. The van der Waals surface area contributed by atoms with Gasteiger partial charge in [-0.1, -0.05) is 30.3 Å². The van der Waals surface area contributed by atoms with Crippen molar-refractivity contribution in [2.24, 2.45) is 0 Å². The largest absolute Gasteiger partial charge is 0.497 e. The molecule has 0 atom stereocenters. The summed E-state index contributed by atoms with van der Waals surface area (Å²) < 4.78 is 12.8. The number of aromatic nitrogens is 4. The molecule has 10 nitrogen and oxygen atoms in total. The summed E-state index contributed by atoms with van der Waals surface area (Å²) in [4.78, 5) is 26.7. The van der Waals surface area contributed by atoms with Crippen molar-refractivity contribution in [3.05, 3.63) is 96.4 Å². The summed E-state index contributed by atoms with van der Waals surface area (Å²) >= 11 is 0. The van der Waals surface area contributed by atoms with Crippen LogP contribution in [0.2, 0.25) is 0 Å². The highest BCUT2D eigenvalue weighted by Crippen LogP contribution is 2.32. The van der Waals surface area contributed by atoms with E-state index in [0.29, 0.717) is 12.1 Å². The van der Waals surface area contributed by atoms with Gasteiger partial charge in [-0.3, -0.25) is 4.79 Å².